The molecule has 0 saturated heterocycles. The standard InChI is InChI=1S/C13H16N4/c1-17-9-11(15-16-17)8-14-13-7-12(13)10-5-3-2-4-6-10/h2-6,9,12-14H,7-8H2,1H3. The lowest BCUT2D eigenvalue weighted by atomic mass is 10.1. The molecule has 4 nitrogen and oxygen atoms in total. The molecule has 1 N–H and O–H groups in total. The summed E-state index contributed by atoms with van der Waals surface area (Å²) in [6, 6.07) is 11.3. The summed E-state index contributed by atoms with van der Waals surface area (Å²) in [5, 5.41) is 11.5. The first-order chi connectivity index (χ1) is 8.33. The van der Waals surface area contributed by atoms with Crippen molar-refractivity contribution in [2.45, 2.75) is 24.9 Å². The summed E-state index contributed by atoms with van der Waals surface area (Å²) in [7, 11) is 1.89. The van der Waals surface area contributed by atoms with Crippen molar-refractivity contribution >= 4 is 0 Å². The van der Waals surface area contributed by atoms with Crippen LogP contribution in [0.1, 0.15) is 23.6 Å². The average Bonchev–Trinajstić information content (AvgIpc) is 3.03. The Hall–Kier alpha value is -1.68. The Morgan fingerprint density at radius 2 is 2.18 bits per heavy atom. The van der Waals surface area contributed by atoms with E-state index in [9.17, 15) is 0 Å². The van der Waals surface area contributed by atoms with E-state index in [-0.39, 0.29) is 0 Å². The van der Waals surface area contributed by atoms with Crippen molar-refractivity contribution in [1.82, 2.24) is 20.3 Å². The van der Waals surface area contributed by atoms with Gasteiger partial charge in [-0.1, -0.05) is 35.5 Å². The minimum Gasteiger partial charge on any atom is -0.308 e. The highest BCUT2D eigenvalue weighted by Gasteiger charge is 2.37. The number of benzene rings is 1. The molecular formula is C13H16N4. The number of rotatable bonds is 4. The molecule has 1 heterocycles. The van der Waals surface area contributed by atoms with Crippen LogP contribution in [0, 0.1) is 0 Å². The van der Waals surface area contributed by atoms with E-state index < -0.39 is 0 Å². The zero-order chi connectivity index (χ0) is 11.7. The Bertz CT molecular complexity index is 491. The molecule has 1 aromatic heterocycles. The molecule has 0 radical (unpaired) electrons. The van der Waals surface area contributed by atoms with Gasteiger partial charge in [-0.3, -0.25) is 4.68 Å². The Balaban J connectivity index is 1.53. The molecule has 0 bridgehead atoms. The van der Waals surface area contributed by atoms with Gasteiger partial charge in [-0.15, -0.1) is 5.10 Å². The Morgan fingerprint density at radius 3 is 2.88 bits per heavy atom. The van der Waals surface area contributed by atoms with E-state index in [1.165, 1.54) is 12.0 Å². The molecule has 0 amide bonds. The number of nitrogens with zero attached hydrogens (tertiary/aromatic N) is 3. The molecule has 2 unspecified atom stereocenters. The molecule has 1 aliphatic carbocycles. The SMILES string of the molecule is Cn1cc(CNC2CC2c2ccccc2)nn1. The van der Waals surface area contributed by atoms with Gasteiger partial charge in [-0.2, -0.15) is 0 Å². The highest BCUT2D eigenvalue weighted by Crippen LogP contribution is 2.40. The molecule has 1 saturated carbocycles. The van der Waals surface area contributed by atoms with Crippen LogP contribution in [0.5, 0.6) is 0 Å². The number of hydrogen-bond donors (Lipinski definition) is 1. The monoisotopic (exact) mass is 228 g/mol. The maximum atomic E-state index is 4.06. The van der Waals surface area contributed by atoms with Gasteiger partial charge in [0.1, 0.15) is 0 Å². The fourth-order valence-corrected chi connectivity index (χ4v) is 2.20. The van der Waals surface area contributed by atoms with Gasteiger partial charge in [-0.25, -0.2) is 0 Å². The summed E-state index contributed by atoms with van der Waals surface area (Å²) in [5.41, 5.74) is 2.44. The lowest BCUT2D eigenvalue weighted by molar-refractivity contribution is 0.657. The fourth-order valence-electron chi connectivity index (χ4n) is 2.20. The van der Waals surface area contributed by atoms with Gasteiger partial charge in [-0.05, 0) is 12.0 Å². The van der Waals surface area contributed by atoms with E-state index in [1.54, 1.807) is 4.68 Å². The van der Waals surface area contributed by atoms with Gasteiger partial charge >= 0.3 is 0 Å². The molecule has 4 heteroatoms. The summed E-state index contributed by atoms with van der Waals surface area (Å²) >= 11 is 0. The lowest BCUT2D eigenvalue weighted by Gasteiger charge is -2.01. The summed E-state index contributed by atoms with van der Waals surface area (Å²) in [6.45, 7) is 0.807. The van der Waals surface area contributed by atoms with Gasteiger partial charge in [0.05, 0.1) is 5.69 Å². The maximum Gasteiger partial charge on any atom is 0.0964 e. The summed E-state index contributed by atoms with van der Waals surface area (Å²) in [4.78, 5) is 0. The van der Waals surface area contributed by atoms with Gasteiger partial charge in [0, 0.05) is 31.7 Å². The Kier molecular flexibility index (Phi) is 2.65. The van der Waals surface area contributed by atoms with Crippen LogP contribution in [-0.4, -0.2) is 21.0 Å². The van der Waals surface area contributed by atoms with Crippen LogP contribution in [0.3, 0.4) is 0 Å². The number of aryl methyl sites for hydroxylation is 1. The second-order valence-electron chi connectivity index (χ2n) is 4.62. The van der Waals surface area contributed by atoms with Crippen LogP contribution in [0.4, 0.5) is 0 Å². The van der Waals surface area contributed by atoms with E-state index >= 15 is 0 Å². The van der Waals surface area contributed by atoms with Crippen molar-refractivity contribution in [1.29, 1.82) is 0 Å². The quantitative estimate of drug-likeness (QED) is 0.861. The third-order valence-corrected chi connectivity index (χ3v) is 3.21. The van der Waals surface area contributed by atoms with Gasteiger partial charge in [0.15, 0.2) is 0 Å². The van der Waals surface area contributed by atoms with E-state index in [0.717, 1.165) is 12.2 Å². The first kappa shape index (κ1) is 10.5. The minimum atomic E-state index is 0.597. The molecule has 0 spiro atoms. The third-order valence-electron chi connectivity index (χ3n) is 3.21. The van der Waals surface area contributed by atoms with Gasteiger partial charge in [0.25, 0.3) is 0 Å². The zero-order valence-electron chi connectivity index (χ0n) is 9.87. The molecule has 17 heavy (non-hydrogen) atoms. The normalized spacial score (nSPS) is 22.6. The predicted molar refractivity (Wildman–Crippen MR) is 65.4 cm³/mol. The van der Waals surface area contributed by atoms with Crippen LogP contribution >= 0.6 is 0 Å². The highest BCUT2D eigenvalue weighted by molar-refractivity contribution is 5.27. The maximum absolute atomic E-state index is 4.06. The molecule has 88 valence electrons. The molecule has 0 aliphatic heterocycles. The molecule has 3 rings (SSSR count). The fraction of sp³-hybridized carbons (Fsp3) is 0.385. The summed E-state index contributed by atoms with van der Waals surface area (Å²) in [5.74, 6) is 0.674. The molecule has 1 aromatic carbocycles. The highest BCUT2D eigenvalue weighted by atomic mass is 15.4. The van der Waals surface area contributed by atoms with Crippen LogP contribution in [-0.2, 0) is 13.6 Å². The Morgan fingerprint density at radius 1 is 1.35 bits per heavy atom. The summed E-state index contributed by atoms with van der Waals surface area (Å²) in [6.07, 6.45) is 3.18. The topological polar surface area (TPSA) is 42.7 Å². The second-order valence-corrected chi connectivity index (χ2v) is 4.62. The van der Waals surface area contributed by atoms with Crippen molar-refractivity contribution in [2.75, 3.05) is 0 Å². The van der Waals surface area contributed by atoms with Crippen LogP contribution in [0.2, 0.25) is 0 Å². The van der Waals surface area contributed by atoms with Crippen molar-refractivity contribution in [2.24, 2.45) is 7.05 Å². The number of hydrogen-bond acceptors (Lipinski definition) is 3. The minimum absolute atomic E-state index is 0.597. The smallest absolute Gasteiger partial charge is 0.0964 e. The van der Waals surface area contributed by atoms with Gasteiger partial charge in [0.2, 0.25) is 0 Å². The summed E-state index contributed by atoms with van der Waals surface area (Å²) < 4.78 is 1.73. The largest absolute Gasteiger partial charge is 0.308 e. The van der Waals surface area contributed by atoms with Crippen LogP contribution < -0.4 is 5.32 Å². The van der Waals surface area contributed by atoms with Crippen molar-refractivity contribution in [3.8, 4) is 0 Å². The lowest BCUT2D eigenvalue weighted by Crippen LogP contribution is -2.17. The van der Waals surface area contributed by atoms with Crippen LogP contribution in [0.15, 0.2) is 36.5 Å². The van der Waals surface area contributed by atoms with E-state index in [4.69, 9.17) is 0 Å². The first-order valence-corrected chi connectivity index (χ1v) is 5.96. The van der Waals surface area contributed by atoms with E-state index in [2.05, 4.69) is 46.0 Å². The van der Waals surface area contributed by atoms with Crippen molar-refractivity contribution in [3.63, 3.8) is 0 Å². The van der Waals surface area contributed by atoms with E-state index in [1.807, 2.05) is 13.2 Å². The number of nitrogens with one attached hydrogen (secondary N) is 1. The van der Waals surface area contributed by atoms with Crippen molar-refractivity contribution in [3.05, 3.63) is 47.8 Å². The molecular weight excluding hydrogens is 212 g/mol. The molecule has 2 aromatic rings. The Labute approximate surface area is 101 Å². The second kappa shape index (κ2) is 4.30. The van der Waals surface area contributed by atoms with E-state index in [0.29, 0.717) is 12.0 Å². The van der Waals surface area contributed by atoms with Crippen molar-refractivity contribution < 1.29 is 0 Å². The zero-order valence-corrected chi connectivity index (χ0v) is 9.87. The van der Waals surface area contributed by atoms with Gasteiger partial charge < -0.3 is 5.32 Å². The number of aromatic nitrogens is 3. The predicted octanol–water partition coefficient (Wildman–Crippen LogP) is 1.46. The average molecular weight is 228 g/mol. The third kappa shape index (κ3) is 2.36. The first-order valence-electron chi connectivity index (χ1n) is 5.96. The van der Waals surface area contributed by atoms with Crippen LogP contribution in [0.25, 0.3) is 0 Å². The molecule has 1 fully saturated rings. The molecule has 1 aliphatic rings. The molecule has 2 atom stereocenters.